The number of thioether (sulfide) groups is 1. The van der Waals surface area contributed by atoms with Gasteiger partial charge in [-0.1, -0.05) is 11.8 Å². The van der Waals surface area contributed by atoms with Crippen molar-refractivity contribution in [1.82, 2.24) is 34.9 Å². The number of rotatable bonds is 7. The summed E-state index contributed by atoms with van der Waals surface area (Å²) < 4.78 is 6.80. The topological polar surface area (TPSA) is 126 Å². The molecule has 3 amide bonds. The monoisotopic (exact) mass is 488 g/mol. The molecule has 0 unspecified atom stereocenters. The number of nitrogens with one attached hydrogen (secondary N) is 1. The van der Waals surface area contributed by atoms with Crippen molar-refractivity contribution in [3.8, 4) is 0 Å². The van der Waals surface area contributed by atoms with E-state index in [1.165, 1.54) is 16.4 Å². The quantitative estimate of drug-likeness (QED) is 0.516. The van der Waals surface area contributed by atoms with Crippen molar-refractivity contribution >= 4 is 35.2 Å². The lowest BCUT2D eigenvalue weighted by molar-refractivity contribution is -0.136. The Hall–Kier alpha value is -3.03. The number of benzene rings is 1. The van der Waals surface area contributed by atoms with Gasteiger partial charge in [-0.25, -0.2) is 4.68 Å². The number of piperazine rings is 1. The summed E-state index contributed by atoms with van der Waals surface area (Å²) in [7, 11) is 1.71. The Labute approximate surface area is 201 Å². The smallest absolute Gasteiger partial charge is 0.253 e. The summed E-state index contributed by atoms with van der Waals surface area (Å²) in [5.41, 5.74) is 1.18. The largest absolute Gasteiger partial charge is 0.378 e. The molecule has 0 spiro atoms. The lowest BCUT2D eigenvalue weighted by Gasteiger charge is -2.36. The molecule has 0 atom stereocenters. The van der Waals surface area contributed by atoms with Gasteiger partial charge < -0.3 is 19.9 Å². The summed E-state index contributed by atoms with van der Waals surface area (Å²) in [5, 5.41) is 14.4. The molecule has 0 saturated carbocycles. The summed E-state index contributed by atoms with van der Waals surface area (Å²) in [6.45, 7) is 5.32. The Morgan fingerprint density at radius 3 is 2.35 bits per heavy atom. The van der Waals surface area contributed by atoms with Crippen LogP contribution in [0.1, 0.15) is 10.4 Å². The number of carbonyl (C=O) groups excluding carboxylic acids is 3. The number of amides is 3. The fourth-order valence-electron chi connectivity index (χ4n) is 3.76. The number of aryl methyl sites for hydroxylation is 1. The van der Waals surface area contributed by atoms with Gasteiger partial charge in [0.2, 0.25) is 17.0 Å². The number of morpholine rings is 1. The third-order valence-electron chi connectivity index (χ3n) is 5.71. The number of ether oxygens (including phenoxy) is 1. The van der Waals surface area contributed by atoms with Crippen LogP contribution in [0.2, 0.25) is 0 Å². The van der Waals surface area contributed by atoms with Gasteiger partial charge in [-0.05, 0) is 34.7 Å². The van der Waals surface area contributed by atoms with E-state index in [0.29, 0.717) is 75.4 Å². The highest BCUT2D eigenvalue weighted by atomic mass is 32.2. The second kappa shape index (κ2) is 11.4. The molecular formula is C21H28N8O4S. The summed E-state index contributed by atoms with van der Waals surface area (Å²) >= 11 is 1.24. The van der Waals surface area contributed by atoms with Crippen LogP contribution in [-0.4, -0.2) is 117 Å². The SMILES string of the molecule is Cn1nnnc1SCC(=O)Nc1ccc(C(=O)N2CCN(CC(=O)N3CCOCC3)CC2)cc1. The molecule has 0 radical (unpaired) electrons. The Kier molecular flexibility index (Phi) is 8.08. The summed E-state index contributed by atoms with van der Waals surface area (Å²) in [6, 6.07) is 6.87. The minimum Gasteiger partial charge on any atom is -0.378 e. The van der Waals surface area contributed by atoms with Crippen molar-refractivity contribution in [3.05, 3.63) is 29.8 Å². The Balaban J connectivity index is 1.21. The minimum atomic E-state index is -0.185. The maximum atomic E-state index is 12.9. The zero-order valence-corrected chi connectivity index (χ0v) is 19.9. The predicted molar refractivity (Wildman–Crippen MR) is 124 cm³/mol. The highest BCUT2D eigenvalue weighted by Gasteiger charge is 2.25. The van der Waals surface area contributed by atoms with Crippen molar-refractivity contribution in [2.75, 3.05) is 70.1 Å². The van der Waals surface area contributed by atoms with E-state index in [1.807, 2.05) is 4.90 Å². The van der Waals surface area contributed by atoms with Crippen LogP contribution in [0.5, 0.6) is 0 Å². The van der Waals surface area contributed by atoms with E-state index < -0.39 is 0 Å². The van der Waals surface area contributed by atoms with Crippen molar-refractivity contribution < 1.29 is 19.1 Å². The van der Waals surface area contributed by atoms with Gasteiger partial charge in [0, 0.05) is 57.6 Å². The van der Waals surface area contributed by atoms with E-state index in [0.717, 1.165) is 0 Å². The minimum absolute atomic E-state index is 0.0534. The van der Waals surface area contributed by atoms with E-state index in [2.05, 4.69) is 25.7 Å². The molecule has 182 valence electrons. The van der Waals surface area contributed by atoms with Gasteiger partial charge in [0.15, 0.2) is 0 Å². The lowest BCUT2D eigenvalue weighted by Crippen LogP contribution is -2.52. The Bertz CT molecular complexity index is 1000. The summed E-state index contributed by atoms with van der Waals surface area (Å²) in [6.07, 6.45) is 0. The van der Waals surface area contributed by atoms with Crippen molar-refractivity contribution in [1.29, 1.82) is 0 Å². The zero-order valence-electron chi connectivity index (χ0n) is 19.1. The Morgan fingerprint density at radius 1 is 1.00 bits per heavy atom. The zero-order chi connectivity index (χ0) is 23.9. The first kappa shape index (κ1) is 24.1. The molecule has 13 heteroatoms. The maximum Gasteiger partial charge on any atom is 0.253 e. The number of tetrazole rings is 1. The second-order valence-corrected chi connectivity index (χ2v) is 9.00. The number of hydrogen-bond donors (Lipinski definition) is 1. The molecule has 12 nitrogen and oxygen atoms in total. The van der Waals surface area contributed by atoms with Crippen molar-refractivity contribution in [2.45, 2.75) is 5.16 Å². The van der Waals surface area contributed by atoms with Crippen LogP contribution >= 0.6 is 11.8 Å². The lowest BCUT2D eigenvalue weighted by atomic mass is 10.1. The van der Waals surface area contributed by atoms with Crippen LogP contribution in [0.3, 0.4) is 0 Å². The standard InChI is InChI=1S/C21H28N8O4S/c1-26-21(23-24-25-26)34-15-18(30)22-17-4-2-16(3-5-17)20(32)29-8-6-27(7-9-29)14-19(31)28-10-12-33-13-11-28/h2-5H,6-15H2,1H3,(H,22,30). The van der Waals surface area contributed by atoms with Gasteiger partial charge in [0.25, 0.3) is 5.91 Å². The van der Waals surface area contributed by atoms with Gasteiger partial charge in [0.1, 0.15) is 0 Å². The molecule has 2 fully saturated rings. The number of anilines is 1. The molecule has 0 aliphatic carbocycles. The van der Waals surface area contributed by atoms with Crippen molar-refractivity contribution in [2.24, 2.45) is 7.05 Å². The van der Waals surface area contributed by atoms with E-state index in [-0.39, 0.29) is 23.5 Å². The molecule has 2 saturated heterocycles. The predicted octanol–water partition coefficient (Wildman–Crippen LogP) is -0.442. The van der Waals surface area contributed by atoms with Crippen LogP contribution in [-0.2, 0) is 21.4 Å². The van der Waals surface area contributed by atoms with Crippen LogP contribution in [0.15, 0.2) is 29.4 Å². The number of aromatic nitrogens is 4. The molecule has 2 aliphatic heterocycles. The molecule has 1 N–H and O–H groups in total. The summed E-state index contributed by atoms with van der Waals surface area (Å²) in [5.74, 6) is 0.0530. The second-order valence-electron chi connectivity index (χ2n) is 8.06. The third kappa shape index (κ3) is 6.30. The average Bonchev–Trinajstić information content (AvgIpc) is 3.28. The normalized spacial score (nSPS) is 17.0. The molecule has 0 bridgehead atoms. The van der Waals surface area contributed by atoms with Crippen LogP contribution < -0.4 is 5.32 Å². The molecule has 1 aromatic carbocycles. The van der Waals surface area contributed by atoms with Crippen molar-refractivity contribution in [3.63, 3.8) is 0 Å². The molecule has 1 aromatic heterocycles. The van der Waals surface area contributed by atoms with E-state index in [9.17, 15) is 14.4 Å². The van der Waals surface area contributed by atoms with E-state index in [4.69, 9.17) is 4.74 Å². The highest BCUT2D eigenvalue weighted by molar-refractivity contribution is 7.99. The third-order valence-corrected chi connectivity index (χ3v) is 6.72. The first-order valence-corrected chi connectivity index (χ1v) is 12.1. The molecule has 2 aromatic rings. The van der Waals surface area contributed by atoms with Crippen LogP contribution in [0.4, 0.5) is 5.69 Å². The molecule has 4 rings (SSSR count). The van der Waals surface area contributed by atoms with Gasteiger partial charge in [0.05, 0.1) is 25.5 Å². The van der Waals surface area contributed by atoms with Gasteiger partial charge in [-0.2, -0.15) is 0 Å². The fraction of sp³-hybridized carbons (Fsp3) is 0.524. The van der Waals surface area contributed by atoms with Gasteiger partial charge in [-0.3, -0.25) is 19.3 Å². The molecule has 34 heavy (non-hydrogen) atoms. The van der Waals surface area contributed by atoms with Crippen LogP contribution in [0, 0.1) is 0 Å². The van der Waals surface area contributed by atoms with Gasteiger partial charge in [-0.15, -0.1) is 5.10 Å². The van der Waals surface area contributed by atoms with Gasteiger partial charge >= 0.3 is 0 Å². The average molecular weight is 489 g/mol. The fourth-order valence-corrected chi connectivity index (χ4v) is 4.41. The highest BCUT2D eigenvalue weighted by Crippen LogP contribution is 2.16. The first-order valence-electron chi connectivity index (χ1n) is 11.1. The summed E-state index contributed by atoms with van der Waals surface area (Å²) in [4.78, 5) is 43.2. The van der Waals surface area contributed by atoms with E-state index in [1.54, 1.807) is 36.2 Å². The molecule has 3 heterocycles. The molecular weight excluding hydrogens is 460 g/mol. The number of hydrogen-bond acceptors (Lipinski definition) is 9. The Morgan fingerprint density at radius 2 is 1.71 bits per heavy atom. The van der Waals surface area contributed by atoms with E-state index >= 15 is 0 Å². The maximum absolute atomic E-state index is 12.9. The number of carbonyl (C=O) groups is 3. The molecule has 2 aliphatic rings. The number of nitrogens with zero attached hydrogens (tertiary/aromatic N) is 7. The first-order chi connectivity index (χ1) is 16.5. The van der Waals surface area contributed by atoms with Crippen LogP contribution in [0.25, 0.3) is 0 Å².